The Bertz CT molecular complexity index is 612. The molecule has 0 spiro atoms. The standard InChI is InChI=1S/C18H25ClFNO3S/c1-5-7-11(3)17(22)21-15-10-16(13(19)9-14(15)20)25-12(4)18(23)24-8-6-2/h9-12H,5-8H2,1-4H3,(H,21,22). The molecule has 0 radical (unpaired) electrons. The summed E-state index contributed by atoms with van der Waals surface area (Å²) in [6.07, 6.45) is 2.34. The molecular formula is C18H25ClFNO3S. The minimum atomic E-state index is -0.604. The van der Waals surface area contributed by atoms with Gasteiger partial charge in [-0.05, 0) is 31.9 Å². The Balaban J connectivity index is 2.88. The van der Waals surface area contributed by atoms with Crippen LogP contribution in [-0.2, 0) is 14.3 Å². The molecule has 7 heteroatoms. The third-order valence-corrected chi connectivity index (χ3v) is 5.10. The first-order valence-electron chi connectivity index (χ1n) is 8.43. The molecule has 0 aliphatic carbocycles. The van der Waals surface area contributed by atoms with Crippen LogP contribution in [0.1, 0.15) is 47.0 Å². The average Bonchev–Trinajstić information content (AvgIpc) is 2.56. The lowest BCUT2D eigenvalue weighted by molar-refractivity contribution is -0.142. The smallest absolute Gasteiger partial charge is 0.319 e. The van der Waals surface area contributed by atoms with Crippen LogP contribution >= 0.6 is 23.4 Å². The van der Waals surface area contributed by atoms with Crippen LogP contribution < -0.4 is 5.32 Å². The fraction of sp³-hybridized carbons (Fsp3) is 0.556. The van der Waals surface area contributed by atoms with E-state index in [0.717, 1.165) is 25.3 Å². The van der Waals surface area contributed by atoms with Gasteiger partial charge in [0.2, 0.25) is 5.91 Å². The molecule has 2 atom stereocenters. The molecule has 0 aliphatic rings. The molecule has 0 saturated carbocycles. The lowest BCUT2D eigenvalue weighted by Crippen LogP contribution is -2.21. The highest BCUT2D eigenvalue weighted by atomic mass is 35.5. The fourth-order valence-electron chi connectivity index (χ4n) is 2.09. The van der Waals surface area contributed by atoms with Crippen molar-refractivity contribution in [1.29, 1.82) is 0 Å². The molecule has 0 heterocycles. The van der Waals surface area contributed by atoms with Crippen LogP contribution in [0.15, 0.2) is 17.0 Å². The zero-order valence-corrected chi connectivity index (χ0v) is 16.6. The number of benzene rings is 1. The summed E-state index contributed by atoms with van der Waals surface area (Å²) in [6, 6.07) is 2.61. The molecule has 0 aromatic heterocycles. The normalized spacial score (nSPS) is 13.2. The van der Waals surface area contributed by atoms with Gasteiger partial charge < -0.3 is 10.1 Å². The molecule has 1 amide bonds. The van der Waals surface area contributed by atoms with Crippen molar-refractivity contribution in [3.63, 3.8) is 0 Å². The van der Waals surface area contributed by atoms with Crippen LogP contribution in [0.25, 0.3) is 0 Å². The number of hydrogen-bond donors (Lipinski definition) is 1. The molecule has 0 aliphatic heterocycles. The minimum absolute atomic E-state index is 0.0639. The Kier molecular flexibility index (Phi) is 9.28. The van der Waals surface area contributed by atoms with Gasteiger partial charge in [-0.25, -0.2) is 4.39 Å². The van der Waals surface area contributed by atoms with Crippen molar-refractivity contribution >= 4 is 40.9 Å². The van der Waals surface area contributed by atoms with Gasteiger partial charge in [0.15, 0.2) is 0 Å². The van der Waals surface area contributed by atoms with Crippen molar-refractivity contribution in [2.75, 3.05) is 11.9 Å². The number of carbonyl (C=O) groups is 2. The average molecular weight is 390 g/mol. The van der Waals surface area contributed by atoms with Crippen LogP contribution in [0.5, 0.6) is 0 Å². The van der Waals surface area contributed by atoms with Gasteiger partial charge in [0.25, 0.3) is 0 Å². The van der Waals surface area contributed by atoms with E-state index in [-0.39, 0.29) is 28.5 Å². The lowest BCUT2D eigenvalue weighted by atomic mass is 10.1. The van der Waals surface area contributed by atoms with Gasteiger partial charge in [-0.1, -0.05) is 38.8 Å². The predicted molar refractivity (Wildman–Crippen MR) is 101 cm³/mol. The monoisotopic (exact) mass is 389 g/mol. The van der Waals surface area contributed by atoms with Crippen LogP contribution in [0.3, 0.4) is 0 Å². The zero-order chi connectivity index (χ0) is 19.0. The third kappa shape index (κ3) is 6.86. The molecule has 25 heavy (non-hydrogen) atoms. The maximum Gasteiger partial charge on any atom is 0.319 e. The number of hydrogen-bond acceptors (Lipinski definition) is 4. The Morgan fingerprint density at radius 2 is 1.96 bits per heavy atom. The first-order valence-corrected chi connectivity index (χ1v) is 9.69. The van der Waals surface area contributed by atoms with Gasteiger partial charge in [-0.2, -0.15) is 0 Å². The molecule has 1 N–H and O–H groups in total. The van der Waals surface area contributed by atoms with E-state index in [1.807, 2.05) is 13.8 Å². The molecule has 1 aromatic carbocycles. The van der Waals surface area contributed by atoms with Gasteiger partial charge in [-0.15, -0.1) is 11.8 Å². The number of carbonyl (C=O) groups excluding carboxylic acids is 2. The molecule has 1 rings (SSSR count). The Morgan fingerprint density at radius 3 is 2.56 bits per heavy atom. The zero-order valence-electron chi connectivity index (χ0n) is 15.0. The number of esters is 1. The molecule has 4 nitrogen and oxygen atoms in total. The van der Waals surface area contributed by atoms with Crippen molar-refractivity contribution in [1.82, 2.24) is 0 Å². The topological polar surface area (TPSA) is 55.4 Å². The first-order chi connectivity index (χ1) is 11.8. The maximum atomic E-state index is 14.1. The van der Waals surface area contributed by atoms with Gasteiger partial charge in [0.05, 0.1) is 17.3 Å². The van der Waals surface area contributed by atoms with Crippen molar-refractivity contribution in [3.8, 4) is 0 Å². The van der Waals surface area contributed by atoms with Crippen molar-refractivity contribution < 1.29 is 18.7 Å². The molecule has 140 valence electrons. The third-order valence-electron chi connectivity index (χ3n) is 3.53. The number of rotatable bonds is 9. The van der Waals surface area contributed by atoms with E-state index in [2.05, 4.69) is 5.32 Å². The number of nitrogens with one attached hydrogen (secondary N) is 1. The van der Waals surface area contributed by atoms with E-state index in [1.54, 1.807) is 13.8 Å². The number of thioether (sulfide) groups is 1. The Morgan fingerprint density at radius 1 is 1.28 bits per heavy atom. The molecule has 0 bridgehead atoms. The van der Waals surface area contributed by atoms with Crippen LogP contribution in [0.2, 0.25) is 5.02 Å². The molecular weight excluding hydrogens is 365 g/mol. The van der Waals surface area contributed by atoms with Gasteiger partial charge in [0, 0.05) is 10.8 Å². The molecule has 0 saturated heterocycles. The van der Waals surface area contributed by atoms with Gasteiger partial charge in [-0.3, -0.25) is 9.59 Å². The molecule has 0 fully saturated rings. The summed E-state index contributed by atoms with van der Waals surface area (Å²) < 4.78 is 19.2. The van der Waals surface area contributed by atoms with Crippen LogP contribution in [-0.4, -0.2) is 23.7 Å². The predicted octanol–water partition coefficient (Wildman–Crippen LogP) is 5.29. The van der Waals surface area contributed by atoms with E-state index >= 15 is 0 Å². The first kappa shape index (κ1) is 21.8. The summed E-state index contributed by atoms with van der Waals surface area (Å²) in [5.41, 5.74) is 0.0639. The van der Waals surface area contributed by atoms with E-state index in [0.29, 0.717) is 11.5 Å². The SMILES string of the molecule is CCCOC(=O)C(C)Sc1cc(NC(=O)C(C)CCC)c(F)cc1Cl. The second-order valence-electron chi connectivity index (χ2n) is 5.87. The second-order valence-corrected chi connectivity index (χ2v) is 7.66. The van der Waals surface area contributed by atoms with Crippen LogP contribution in [0, 0.1) is 11.7 Å². The quantitative estimate of drug-likeness (QED) is 0.460. The summed E-state index contributed by atoms with van der Waals surface area (Å²) in [6.45, 7) is 7.76. The maximum absolute atomic E-state index is 14.1. The summed E-state index contributed by atoms with van der Waals surface area (Å²) in [4.78, 5) is 24.5. The highest BCUT2D eigenvalue weighted by Gasteiger charge is 2.20. The number of halogens is 2. The Hall–Kier alpha value is -1.27. The lowest BCUT2D eigenvalue weighted by Gasteiger charge is -2.15. The summed E-state index contributed by atoms with van der Waals surface area (Å²) >= 11 is 7.25. The van der Waals surface area contributed by atoms with Gasteiger partial charge >= 0.3 is 5.97 Å². The number of anilines is 1. The summed E-state index contributed by atoms with van der Waals surface area (Å²) in [5.74, 6) is -1.41. The molecule has 1 aromatic rings. The van der Waals surface area contributed by atoms with Crippen molar-refractivity contribution in [2.45, 2.75) is 57.1 Å². The minimum Gasteiger partial charge on any atom is -0.465 e. The van der Waals surface area contributed by atoms with E-state index in [9.17, 15) is 14.0 Å². The highest BCUT2D eigenvalue weighted by Crippen LogP contribution is 2.35. The number of ether oxygens (including phenoxy) is 1. The van der Waals surface area contributed by atoms with Crippen molar-refractivity contribution in [2.24, 2.45) is 5.92 Å². The number of amides is 1. The largest absolute Gasteiger partial charge is 0.465 e. The highest BCUT2D eigenvalue weighted by molar-refractivity contribution is 8.00. The summed E-state index contributed by atoms with van der Waals surface area (Å²) in [5, 5.41) is 2.30. The van der Waals surface area contributed by atoms with E-state index in [4.69, 9.17) is 16.3 Å². The molecule has 2 unspecified atom stereocenters. The van der Waals surface area contributed by atoms with Crippen molar-refractivity contribution in [3.05, 3.63) is 23.0 Å². The fourth-order valence-corrected chi connectivity index (χ4v) is 3.28. The second kappa shape index (κ2) is 10.7. The van der Waals surface area contributed by atoms with E-state index in [1.165, 1.54) is 17.8 Å². The van der Waals surface area contributed by atoms with E-state index < -0.39 is 11.1 Å². The van der Waals surface area contributed by atoms with Gasteiger partial charge in [0.1, 0.15) is 11.1 Å². The Labute approximate surface area is 157 Å². The van der Waals surface area contributed by atoms with Crippen LogP contribution in [0.4, 0.5) is 10.1 Å². The summed E-state index contributed by atoms with van der Waals surface area (Å²) in [7, 11) is 0.